The van der Waals surface area contributed by atoms with Crippen molar-refractivity contribution < 1.29 is 23.1 Å². The van der Waals surface area contributed by atoms with Gasteiger partial charge in [0.25, 0.3) is 5.91 Å². The molecule has 1 aliphatic heterocycles. The molecule has 0 radical (unpaired) electrons. The number of carbonyl (C=O) groups is 1. The first kappa shape index (κ1) is 26.3. The third kappa shape index (κ3) is 7.32. The summed E-state index contributed by atoms with van der Waals surface area (Å²) >= 11 is 0. The Labute approximate surface area is 206 Å². The number of aryl methyl sites for hydroxylation is 1. The lowest BCUT2D eigenvalue weighted by molar-refractivity contribution is -0.134. The van der Waals surface area contributed by atoms with E-state index in [0.717, 1.165) is 35.0 Å². The summed E-state index contributed by atoms with van der Waals surface area (Å²) < 4.78 is 28.8. The summed E-state index contributed by atoms with van der Waals surface area (Å²) in [4.78, 5) is 21.5. The second-order valence-corrected chi connectivity index (χ2v) is 8.91. The number of amides is 1. The maximum atomic E-state index is 13.1. The minimum atomic E-state index is -2.61. The molecule has 1 amide bonds. The Balaban J connectivity index is 0.000000795. The molecule has 0 spiro atoms. The number of β-amino-alcohol motifs (C(OH)–C–C–N with tert-alkyl or cyclic N) is 1. The van der Waals surface area contributed by atoms with Gasteiger partial charge in [-0.25, -0.2) is 0 Å². The van der Waals surface area contributed by atoms with E-state index in [4.69, 9.17) is 17.9 Å². The van der Waals surface area contributed by atoms with Crippen molar-refractivity contribution in [3.8, 4) is 5.75 Å². The van der Waals surface area contributed by atoms with Crippen LogP contribution in [0.25, 0.3) is 10.9 Å². The number of aliphatic hydroxyl groups is 1. The Bertz CT molecular complexity index is 1250. The molecule has 10 heteroatoms. The maximum Gasteiger partial charge on any atom is 0.308 e. The van der Waals surface area contributed by atoms with Crippen molar-refractivity contribution in [2.24, 2.45) is 0 Å². The average Bonchev–Trinajstić information content (AvgIpc) is 3.26. The number of rotatable bonds is 7. The Kier molecular flexibility index (Phi) is 9.30. The minimum absolute atomic E-state index is 0.0583. The molecule has 186 valence electrons. The van der Waals surface area contributed by atoms with Crippen LogP contribution in [-0.4, -0.2) is 73.6 Å². The molecule has 35 heavy (non-hydrogen) atoms. The van der Waals surface area contributed by atoms with Crippen molar-refractivity contribution >= 4 is 27.3 Å². The standard InChI is InChI=1S/C25H29N3O3.HNO2S/c1-18-10-11-23(25-21(18)9-6-13-26-25)31-17-24(30)27(2)22(19-7-4-3-5-8-19)16-28-14-12-20(29)15-28;1-4(2)3/h3-11,13,20,22,29H,12,14-17H2,1-2H3;1H/t20-,22?;/m0./s1. The van der Waals surface area contributed by atoms with E-state index in [9.17, 15) is 9.90 Å². The number of aliphatic hydroxyl groups excluding tert-OH is 1. The van der Waals surface area contributed by atoms with Crippen molar-refractivity contribution in [2.45, 2.75) is 25.5 Å². The highest BCUT2D eigenvalue weighted by molar-refractivity contribution is 7.60. The molecule has 1 aliphatic rings. The molecule has 1 unspecified atom stereocenters. The Morgan fingerprint density at radius 1 is 1.23 bits per heavy atom. The Morgan fingerprint density at radius 3 is 2.60 bits per heavy atom. The molecule has 1 saturated heterocycles. The van der Waals surface area contributed by atoms with Crippen molar-refractivity contribution in [1.29, 1.82) is 4.78 Å². The zero-order valence-corrected chi connectivity index (χ0v) is 20.6. The predicted octanol–water partition coefficient (Wildman–Crippen LogP) is 2.82. The molecule has 1 aromatic heterocycles. The summed E-state index contributed by atoms with van der Waals surface area (Å²) in [7, 11) is -0.790. The summed E-state index contributed by atoms with van der Waals surface area (Å²) in [6, 6.07) is 17.7. The van der Waals surface area contributed by atoms with E-state index < -0.39 is 10.5 Å². The topological polar surface area (TPSA) is 124 Å². The number of aromatic nitrogens is 1. The first-order valence-corrected chi connectivity index (χ1v) is 12.3. The minimum Gasteiger partial charge on any atom is -0.481 e. The number of hydrogen-bond donors (Lipinski definition) is 2. The smallest absolute Gasteiger partial charge is 0.308 e. The maximum absolute atomic E-state index is 13.1. The molecule has 9 nitrogen and oxygen atoms in total. The quantitative estimate of drug-likeness (QED) is 0.513. The highest BCUT2D eigenvalue weighted by Gasteiger charge is 2.28. The van der Waals surface area contributed by atoms with Crippen molar-refractivity contribution in [3.05, 3.63) is 71.9 Å². The van der Waals surface area contributed by atoms with E-state index in [0.29, 0.717) is 18.8 Å². The predicted molar refractivity (Wildman–Crippen MR) is 133 cm³/mol. The molecule has 0 aliphatic carbocycles. The van der Waals surface area contributed by atoms with Gasteiger partial charge in [0.2, 0.25) is 0 Å². The number of pyridine rings is 1. The molecular formula is C25H30N4O5S. The first-order chi connectivity index (χ1) is 16.8. The van der Waals surface area contributed by atoms with E-state index >= 15 is 0 Å². The number of hydrogen-bond acceptors (Lipinski definition) is 8. The molecule has 3 aromatic rings. The van der Waals surface area contributed by atoms with Gasteiger partial charge in [-0.05, 0) is 36.6 Å². The van der Waals surface area contributed by atoms with Gasteiger partial charge < -0.3 is 14.7 Å². The monoisotopic (exact) mass is 498 g/mol. The van der Waals surface area contributed by atoms with Crippen LogP contribution in [0.4, 0.5) is 0 Å². The number of carbonyl (C=O) groups excluding carboxylic acids is 1. The van der Waals surface area contributed by atoms with Crippen LogP contribution < -0.4 is 4.74 Å². The lowest BCUT2D eigenvalue weighted by Gasteiger charge is -2.32. The Morgan fingerprint density at radius 2 is 1.94 bits per heavy atom. The summed E-state index contributed by atoms with van der Waals surface area (Å²) in [5.74, 6) is 0.514. The van der Waals surface area contributed by atoms with Crippen molar-refractivity contribution in [3.63, 3.8) is 0 Å². The third-order valence-corrected chi connectivity index (χ3v) is 6.03. The van der Waals surface area contributed by atoms with Gasteiger partial charge in [0, 0.05) is 38.3 Å². The van der Waals surface area contributed by atoms with Gasteiger partial charge in [-0.3, -0.25) is 14.7 Å². The fraction of sp³-hybridized carbons (Fsp3) is 0.360. The van der Waals surface area contributed by atoms with Crippen LogP contribution in [0.15, 0.2) is 60.8 Å². The van der Waals surface area contributed by atoms with Gasteiger partial charge in [0.1, 0.15) is 11.3 Å². The summed E-state index contributed by atoms with van der Waals surface area (Å²) in [5.41, 5.74) is 2.96. The van der Waals surface area contributed by atoms with Gasteiger partial charge >= 0.3 is 10.5 Å². The fourth-order valence-corrected chi connectivity index (χ4v) is 4.17. The van der Waals surface area contributed by atoms with E-state index in [1.54, 1.807) is 11.1 Å². The number of nitrogens with one attached hydrogen (secondary N) is 1. The van der Waals surface area contributed by atoms with Crippen LogP contribution in [0, 0.1) is 11.7 Å². The SMILES string of the molecule is Cc1ccc(OCC(=O)N(C)C(CN2CC[C@H](O)C2)c2ccccc2)c2ncccc12.N=S(=O)=O. The number of fused-ring (bicyclic) bond motifs is 1. The summed E-state index contributed by atoms with van der Waals surface area (Å²) in [6.45, 7) is 4.13. The molecular weight excluding hydrogens is 468 g/mol. The largest absolute Gasteiger partial charge is 0.481 e. The van der Waals surface area contributed by atoms with Crippen LogP contribution in [-0.2, 0) is 15.3 Å². The number of nitrogens with zero attached hydrogens (tertiary/aromatic N) is 3. The van der Waals surface area contributed by atoms with Gasteiger partial charge in [-0.15, -0.1) is 0 Å². The second kappa shape index (κ2) is 12.4. The molecule has 0 saturated carbocycles. The van der Waals surface area contributed by atoms with E-state index in [1.165, 1.54) is 0 Å². The molecule has 2 heterocycles. The summed E-state index contributed by atoms with van der Waals surface area (Å²) in [5, 5.41) is 10.9. The lowest BCUT2D eigenvalue weighted by atomic mass is 10.0. The second-order valence-electron chi connectivity index (χ2n) is 8.44. The summed E-state index contributed by atoms with van der Waals surface area (Å²) in [6.07, 6.45) is 2.22. The molecule has 0 bridgehead atoms. The van der Waals surface area contributed by atoms with Crippen LogP contribution in [0.3, 0.4) is 0 Å². The van der Waals surface area contributed by atoms with Gasteiger partial charge in [-0.2, -0.15) is 13.2 Å². The number of likely N-dealkylation sites (N-methyl/N-ethyl adjacent to an activating group) is 1. The van der Waals surface area contributed by atoms with E-state index in [1.807, 2.05) is 68.6 Å². The van der Waals surface area contributed by atoms with Gasteiger partial charge in [0.05, 0.1) is 12.1 Å². The van der Waals surface area contributed by atoms with Gasteiger partial charge in [-0.1, -0.05) is 42.5 Å². The number of ether oxygens (including phenoxy) is 1. The van der Waals surface area contributed by atoms with Crippen LogP contribution in [0.5, 0.6) is 5.75 Å². The number of likely N-dealkylation sites (tertiary alicyclic amines) is 1. The van der Waals surface area contributed by atoms with Crippen LogP contribution in [0.1, 0.15) is 23.6 Å². The molecule has 2 N–H and O–H groups in total. The van der Waals surface area contributed by atoms with Crippen molar-refractivity contribution in [2.75, 3.05) is 33.3 Å². The fourth-order valence-electron chi connectivity index (χ4n) is 4.17. The van der Waals surface area contributed by atoms with Crippen molar-refractivity contribution in [1.82, 2.24) is 14.8 Å². The van der Waals surface area contributed by atoms with Gasteiger partial charge in [0.15, 0.2) is 6.61 Å². The first-order valence-electron chi connectivity index (χ1n) is 11.2. The van der Waals surface area contributed by atoms with E-state index in [2.05, 4.69) is 9.88 Å². The third-order valence-electron chi connectivity index (χ3n) is 6.03. The molecule has 1 fully saturated rings. The zero-order valence-electron chi connectivity index (χ0n) is 19.8. The average molecular weight is 499 g/mol. The molecule has 2 atom stereocenters. The van der Waals surface area contributed by atoms with Crippen LogP contribution >= 0.6 is 0 Å². The normalized spacial score (nSPS) is 16.3. The molecule has 4 rings (SSSR count). The zero-order chi connectivity index (χ0) is 25.4. The lowest BCUT2D eigenvalue weighted by Crippen LogP contribution is -2.40. The highest BCUT2D eigenvalue weighted by Crippen LogP contribution is 2.27. The molecule has 2 aromatic carbocycles. The highest BCUT2D eigenvalue weighted by atomic mass is 32.2. The van der Waals surface area contributed by atoms with Crippen LogP contribution in [0.2, 0.25) is 0 Å². The number of benzene rings is 2. The van der Waals surface area contributed by atoms with E-state index in [-0.39, 0.29) is 24.7 Å². The Hall–Kier alpha value is -3.34.